The van der Waals surface area contributed by atoms with Crippen molar-refractivity contribution in [3.63, 3.8) is 0 Å². The number of alkyl halides is 1. The molecule has 13 nitrogen and oxygen atoms in total. The summed E-state index contributed by atoms with van der Waals surface area (Å²) < 4.78 is 25.5. The van der Waals surface area contributed by atoms with Gasteiger partial charge in [0.25, 0.3) is 5.91 Å². The second-order valence-electron chi connectivity index (χ2n) is 11.6. The number of carbonyl (C=O) groups excluding carboxylic acids is 2. The van der Waals surface area contributed by atoms with Gasteiger partial charge in [0.2, 0.25) is 17.2 Å². The maximum atomic E-state index is 14.3. The number of amides is 2. The normalized spacial score (nSPS) is 13.3. The van der Waals surface area contributed by atoms with Crippen molar-refractivity contribution in [3.05, 3.63) is 70.6 Å². The van der Waals surface area contributed by atoms with E-state index >= 15 is 0 Å². The monoisotopic (exact) mass is 689 g/mol. The number of thiazole rings is 1. The van der Waals surface area contributed by atoms with Crippen molar-refractivity contribution in [1.82, 2.24) is 29.7 Å². The summed E-state index contributed by atoms with van der Waals surface area (Å²) >= 11 is 1.22. The number of methoxy groups -OCH3 is 1. The Hall–Kier alpha value is -5.31. The van der Waals surface area contributed by atoms with Crippen LogP contribution in [0.15, 0.2) is 58.3 Å². The number of benzene rings is 1. The molecule has 256 valence electrons. The Labute approximate surface area is 284 Å². The lowest BCUT2D eigenvalue weighted by Gasteiger charge is -2.37. The number of nitrogens with zero attached hydrogens (tertiary/aromatic N) is 6. The Morgan fingerprint density at radius 1 is 1.16 bits per heavy atom. The summed E-state index contributed by atoms with van der Waals surface area (Å²) in [4.78, 5) is 57.9. The van der Waals surface area contributed by atoms with E-state index in [1.54, 1.807) is 33.9 Å². The van der Waals surface area contributed by atoms with Crippen molar-refractivity contribution in [3.8, 4) is 22.2 Å². The van der Waals surface area contributed by atoms with Crippen molar-refractivity contribution < 1.29 is 28.2 Å². The number of nitrogens with one attached hydrogen (secondary N) is 1. The molecule has 1 aromatic carbocycles. The third-order valence-corrected chi connectivity index (χ3v) is 9.56. The van der Waals surface area contributed by atoms with Crippen LogP contribution in [0.25, 0.3) is 32.0 Å². The van der Waals surface area contributed by atoms with Gasteiger partial charge < -0.3 is 33.9 Å². The van der Waals surface area contributed by atoms with Gasteiger partial charge in [-0.25, -0.2) is 15.0 Å². The Morgan fingerprint density at radius 2 is 1.96 bits per heavy atom. The molecule has 0 atom stereocenters. The SMILES string of the molecule is C=C(CCCCF)NC(=O)Cn1c(CC)c(N2CCN(C(=O)c3c(O)ccc4ncoc34)CC2)c(=O)c2sc(-c3ccnc(OC)c3)nc21. The lowest BCUT2D eigenvalue weighted by atomic mass is 10.1. The van der Waals surface area contributed by atoms with E-state index in [0.717, 1.165) is 0 Å². The Kier molecular flexibility index (Phi) is 9.90. The van der Waals surface area contributed by atoms with Crippen molar-refractivity contribution in [2.45, 2.75) is 39.2 Å². The first-order chi connectivity index (χ1) is 23.7. The molecule has 15 heteroatoms. The fraction of sp³-hybridized carbons (Fsp3) is 0.353. The number of aromatic hydroxyl groups is 1. The summed E-state index contributed by atoms with van der Waals surface area (Å²) in [7, 11) is 1.52. The van der Waals surface area contributed by atoms with E-state index in [2.05, 4.69) is 21.9 Å². The second kappa shape index (κ2) is 14.4. The van der Waals surface area contributed by atoms with Crippen molar-refractivity contribution in [1.29, 1.82) is 0 Å². The lowest BCUT2D eigenvalue weighted by molar-refractivity contribution is -0.121. The molecule has 5 aromatic rings. The predicted molar refractivity (Wildman–Crippen MR) is 184 cm³/mol. The van der Waals surface area contributed by atoms with Crippen LogP contribution in [0, 0.1) is 0 Å². The zero-order chi connectivity index (χ0) is 34.7. The van der Waals surface area contributed by atoms with Crippen LogP contribution in [0.4, 0.5) is 10.1 Å². The van der Waals surface area contributed by atoms with Gasteiger partial charge in [-0.15, -0.1) is 11.3 Å². The van der Waals surface area contributed by atoms with Crippen LogP contribution in [0.2, 0.25) is 0 Å². The van der Waals surface area contributed by atoms with Gasteiger partial charge in [-0.05, 0) is 43.9 Å². The van der Waals surface area contributed by atoms with Gasteiger partial charge in [0.1, 0.15) is 38.8 Å². The molecule has 1 aliphatic heterocycles. The molecular formula is C34H36FN7O6S. The van der Waals surface area contributed by atoms with E-state index in [1.807, 2.05) is 11.8 Å². The van der Waals surface area contributed by atoms with Gasteiger partial charge in [0.15, 0.2) is 17.6 Å². The maximum absolute atomic E-state index is 14.3. The molecule has 49 heavy (non-hydrogen) atoms. The van der Waals surface area contributed by atoms with E-state index in [9.17, 15) is 23.9 Å². The minimum atomic E-state index is -0.433. The fourth-order valence-electron chi connectivity index (χ4n) is 6.06. The second-order valence-corrected chi connectivity index (χ2v) is 12.6. The number of unbranched alkanes of at least 4 members (excludes halogenated alkanes) is 1. The number of ether oxygens (including phenoxy) is 1. The molecule has 0 unspecified atom stereocenters. The third-order valence-electron chi connectivity index (χ3n) is 8.47. The number of pyridine rings is 2. The average Bonchev–Trinajstić information content (AvgIpc) is 3.78. The van der Waals surface area contributed by atoms with Crippen LogP contribution in [-0.4, -0.2) is 81.3 Å². The van der Waals surface area contributed by atoms with Crippen LogP contribution in [0.5, 0.6) is 11.6 Å². The van der Waals surface area contributed by atoms with Crippen molar-refractivity contribution >= 4 is 50.3 Å². The molecule has 1 fully saturated rings. The van der Waals surface area contributed by atoms with E-state index < -0.39 is 12.6 Å². The zero-order valence-corrected chi connectivity index (χ0v) is 28.0. The first kappa shape index (κ1) is 33.6. The van der Waals surface area contributed by atoms with Crippen LogP contribution < -0.4 is 20.4 Å². The molecule has 2 amide bonds. The number of rotatable bonds is 12. The molecule has 0 bridgehead atoms. The highest BCUT2D eigenvalue weighted by atomic mass is 32.1. The molecule has 1 aliphatic rings. The molecule has 1 saturated heterocycles. The quantitative estimate of drug-likeness (QED) is 0.177. The number of oxazole rings is 1. The number of halogens is 1. The minimum absolute atomic E-state index is 0.0451. The van der Waals surface area contributed by atoms with Gasteiger partial charge in [-0.3, -0.25) is 18.8 Å². The summed E-state index contributed by atoms with van der Waals surface area (Å²) in [5.41, 5.74) is 3.16. The molecular weight excluding hydrogens is 653 g/mol. The van der Waals surface area contributed by atoms with Crippen molar-refractivity contribution in [2.75, 3.05) is 44.9 Å². The van der Waals surface area contributed by atoms with Gasteiger partial charge in [0, 0.05) is 55.4 Å². The minimum Gasteiger partial charge on any atom is -0.507 e. The number of aromatic nitrogens is 4. The molecule has 2 N–H and O–H groups in total. The number of hydrogen-bond acceptors (Lipinski definition) is 11. The zero-order valence-electron chi connectivity index (χ0n) is 27.2. The topological polar surface area (TPSA) is 156 Å². The van der Waals surface area contributed by atoms with Gasteiger partial charge in [0.05, 0.1) is 13.8 Å². The van der Waals surface area contributed by atoms with Crippen LogP contribution >= 0.6 is 11.3 Å². The maximum Gasteiger partial charge on any atom is 0.261 e. The molecule has 5 heterocycles. The Bertz CT molecular complexity index is 2100. The molecule has 0 radical (unpaired) electrons. The molecule has 0 spiro atoms. The van der Waals surface area contributed by atoms with Crippen molar-refractivity contribution in [2.24, 2.45) is 0 Å². The number of carbonyl (C=O) groups is 2. The summed E-state index contributed by atoms with van der Waals surface area (Å²) in [6, 6.07) is 6.50. The largest absolute Gasteiger partial charge is 0.507 e. The summed E-state index contributed by atoms with van der Waals surface area (Å²) in [5, 5.41) is 13.9. The Balaban J connectivity index is 1.35. The molecule has 6 rings (SSSR count). The molecule has 0 saturated carbocycles. The smallest absolute Gasteiger partial charge is 0.261 e. The lowest BCUT2D eigenvalue weighted by Crippen LogP contribution is -2.50. The van der Waals surface area contributed by atoms with Gasteiger partial charge in [-0.2, -0.15) is 0 Å². The molecule has 0 aliphatic carbocycles. The highest BCUT2D eigenvalue weighted by Crippen LogP contribution is 2.34. The number of piperazine rings is 1. The Morgan fingerprint density at radius 3 is 2.69 bits per heavy atom. The first-order valence-electron chi connectivity index (χ1n) is 15.9. The van der Waals surface area contributed by atoms with E-state index in [1.165, 1.54) is 30.9 Å². The number of fused-ring (bicyclic) bond motifs is 2. The highest BCUT2D eigenvalue weighted by molar-refractivity contribution is 7.21. The van der Waals surface area contributed by atoms with Crippen LogP contribution in [-0.2, 0) is 17.8 Å². The number of anilines is 1. The average molecular weight is 690 g/mol. The number of phenolic OH excluding ortho intramolecular Hbond substituents is 1. The summed E-state index contributed by atoms with van der Waals surface area (Å²) in [6.45, 7) is 6.49. The van der Waals surface area contributed by atoms with Gasteiger partial charge >= 0.3 is 0 Å². The van der Waals surface area contributed by atoms with Crippen LogP contribution in [0.3, 0.4) is 0 Å². The van der Waals surface area contributed by atoms with E-state index in [0.29, 0.717) is 88.2 Å². The van der Waals surface area contributed by atoms with Gasteiger partial charge in [-0.1, -0.05) is 13.5 Å². The fourth-order valence-corrected chi connectivity index (χ4v) is 7.07. The first-order valence-corrected chi connectivity index (χ1v) is 16.7. The number of hydrogen-bond donors (Lipinski definition) is 2. The summed E-state index contributed by atoms with van der Waals surface area (Å²) in [5.74, 6) is -0.540. The third kappa shape index (κ3) is 6.70. The van der Waals surface area contributed by atoms with Crippen LogP contribution in [0.1, 0.15) is 42.2 Å². The van der Waals surface area contributed by atoms with E-state index in [-0.39, 0.29) is 47.9 Å². The highest BCUT2D eigenvalue weighted by Gasteiger charge is 2.31. The standard InChI is InChI=1S/C34H36FN7O6S/c1-4-23-28(40-13-15-41(16-14-40)34(46)27-24(43)9-8-22-30(27)48-19-37-22)29(45)31-32(39-33(49-31)21-10-12-36-26(17-21)47-3)42(23)18-25(44)38-20(2)7-5-6-11-35/h8-10,12,17,19,43H,2,4-7,11,13-16,18H2,1,3H3,(H,38,44). The van der Waals surface area contributed by atoms with E-state index in [4.69, 9.17) is 14.1 Å². The number of phenols is 1. The predicted octanol–water partition coefficient (Wildman–Crippen LogP) is 4.67. The summed E-state index contributed by atoms with van der Waals surface area (Å²) in [6.07, 6.45) is 4.65. The number of allylic oxidation sites excluding steroid dienone is 1. The molecule has 4 aromatic heterocycles.